The third kappa shape index (κ3) is 3.18. The van der Waals surface area contributed by atoms with E-state index in [-0.39, 0.29) is 5.69 Å². The number of hydrogen-bond acceptors (Lipinski definition) is 4. The van der Waals surface area contributed by atoms with Gasteiger partial charge in [0.2, 0.25) is 0 Å². The molecule has 0 amide bonds. The molecule has 0 saturated heterocycles. The zero-order valence-corrected chi connectivity index (χ0v) is 13.0. The Morgan fingerprint density at radius 2 is 1.96 bits per heavy atom. The first kappa shape index (κ1) is 16.5. The van der Waals surface area contributed by atoms with Crippen molar-refractivity contribution in [3.8, 4) is 11.4 Å². The third-order valence-corrected chi connectivity index (χ3v) is 3.46. The summed E-state index contributed by atoms with van der Waals surface area (Å²) in [5.41, 5.74) is -1.69. The fourth-order valence-corrected chi connectivity index (χ4v) is 2.26. The van der Waals surface area contributed by atoms with Crippen molar-refractivity contribution >= 4 is 5.97 Å². The number of para-hydroxylation sites is 2. The number of carboxylic acid groups (broad SMARTS) is 1. The van der Waals surface area contributed by atoms with Gasteiger partial charge in [0.25, 0.3) is 5.56 Å². The SMILES string of the molecule is CCCCn1cc(C(=O)O)c(=O)n(-c2ccccc2OC)c1=O. The largest absolute Gasteiger partial charge is 0.495 e. The molecule has 0 aliphatic heterocycles. The molecular weight excluding hydrogens is 300 g/mol. The van der Waals surface area contributed by atoms with Crippen molar-refractivity contribution in [2.75, 3.05) is 7.11 Å². The van der Waals surface area contributed by atoms with Crippen LogP contribution in [0, 0.1) is 0 Å². The van der Waals surface area contributed by atoms with Crippen molar-refractivity contribution < 1.29 is 14.6 Å². The first-order chi connectivity index (χ1) is 11.0. The number of nitrogens with zero attached hydrogens (tertiary/aromatic N) is 2. The number of carboxylic acids is 1. The van der Waals surface area contributed by atoms with Crippen molar-refractivity contribution in [1.82, 2.24) is 9.13 Å². The van der Waals surface area contributed by atoms with Crippen LogP contribution < -0.4 is 16.0 Å². The third-order valence-electron chi connectivity index (χ3n) is 3.46. The molecule has 0 radical (unpaired) electrons. The molecule has 0 fully saturated rings. The van der Waals surface area contributed by atoms with E-state index in [1.807, 2.05) is 6.92 Å². The summed E-state index contributed by atoms with van der Waals surface area (Å²) < 4.78 is 7.27. The molecule has 23 heavy (non-hydrogen) atoms. The van der Waals surface area contributed by atoms with Gasteiger partial charge in [-0.05, 0) is 18.6 Å². The van der Waals surface area contributed by atoms with Gasteiger partial charge in [-0.1, -0.05) is 25.5 Å². The maximum absolute atomic E-state index is 12.6. The highest BCUT2D eigenvalue weighted by Gasteiger charge is 2.19. The molecule has 1 aromatic carbocycles. The van der Waals surface area contributed by atoms with E-state index in [4.69, 9.17) is 4.74 Å². The molecule has 7 nitrogen and oxygen atoms in total. The predicted molar refractivity (Wildman–Crippen MR) is 84.7 cm³/mol. The van der Waals surface area contributed by atoms with E-state index in [2.05, 4.69) is 0 Å². The van der Waals surface area contributed by atoms with Gasteiger partial charge >= 0.3 is 11.7 Å². The number of unbranched alkanes of at least 4 members (excludes halogenated alkanes) is 1. The Bertz CT molecular complexity index is 835. The fourth-order valence-electron chi connectivity index (χ4n) is 2.26. The van der Waals surface area contributed by atoms with Crippen LogP contribution in [0.2, 0.25) is 0 Å². The van der Waals surface area contributed by atoms with Gasteiger partial charge in [-0.3, -0.25) is 9.36 Å². The second kappa shape index (κ2) is 6.95. The summed E-state index contributed by atoms with van der Waals surface area (Å²) >= 11 is 0. The molecule has 1 aromatic heterocycles. The summed E-state index contributed by atoms with van der Waals surface area (Å²) in [6.45, 7) is 2.30. The van der Waals surface area contributed by atoms with Gasteiger partial charge in [-0.15, -0.1) is 0 Å². The second-order valence-corrected chi connectivity index (χ2v) is 4.99. The van der Waals surface area contributed by atoms with Crippen molar-refractivity contribution in [3.63, 3.8) is 0 Å². The van der Waals surface area contributed by atoms with Gasteiger partial charge in [0, 0.05) is 12.7 Å². The number of hydrogen-bond donors (Lipinski definition) is 1. The highest BCUT2D eigenvalue weighted by molar-refractivity contribution is 5.86. The molecule has 0 aliphatic rings. The van der Waals surface area contributed by atoms with Crippen LogP contribution in [0.15, 0.2) is 40.1 Å². The Morgan fingerprint density at radius 3 is 2.57 bits per heavy atom. The Hall–Kier alpha value is -2.83. The van der Waals surface area contributed by atoms with Crippen LogP contribution in [0.1, 0.15) is 30.1 Å². The van der Waals surface area contributed by atoms with Crippen LogP contribution in [-0.4, -0.2) is 27.3 Å². The van der Waals surface area contributed by atoms with E-state index >= 15 is 0 Å². The zero-order chi connectivity index (χ0) is 17.0. The molecule has 122 valence electrons. The van der Waals surface area contributed by atoms with Crippen molar-refractivity contribution in [1.29, 1.82) is 0 Å². The Kier molecular flexibility index (Phi) is 5.00. The number of aromatic carboxylic acids is 1. The van der Waals surface area contributed by atoms with E-state index in [0.717, 1.165) is 17.2 Å². The van der Waals surface area contributed by atoms with Crippen molar-refractivity contribution in [2.45, 2.75) is 26.3 Å². The highest BCUT2D eigenvalue weighted by Crippen LogP contribution is 2.19. The molecule has 2 aromatic rings. The summed E-state index contributed by atoms with van der Waals surface area (Å²) in [6.07, 6.45) is 2.64. The van der Waals surface area contributed by atoms with E-state index in [1.165, 1.54) is 17.7 Å². The van der Waals surface area contributed by atoms with Gasteiger partial charge in [0.05, 0.1) is 12.8 Å². The van der Waals surface area contributed by atoms with Gasteiger partial charge < -0.3 is 9.84 Å². The van der Waals surface area contributed by atoms with Crippen LogP contribution in [0.25, 0.3) is 5.69 Å². The number of benzene rings is 1. The van der Waals surface area contributed by atoms with E-state index in [9.17, 15) is 19.5 Å². The number of aromatic nitrogens is 2. The molecule has 2 rings (SSSR count). The molecular formula is C16H18N2O5. The normalized spacial score (nSPS) is 10.5. The lowest BCUT2D eigenvalue weighted by molar-refractivity contribution is 0.0693. The zero-order valence-electron chi connectivity index (χ0n) is 13.0. The maximum Gasteiger partial charge on any atom is 0.342 e. The molecule has 1 N–H and O–H groups in total. The number of carbonyl (C=O) groups is 1. The Morgan fingerprint density at radius 1 is 1.26 bits per heavy atom. The maximum atomic E-state index is 12.6. The number of ether oxygens (including phenoxy) is 1. The molecule has 0 bridgehead atoms. The number of methoxy groups -OCH3 is 1. The van der Waals surface area contributed by atoms with Crippen molar-refractivity contribution in [3.05, 3.63) is 56.9 Å². The second-order valence-electron chi connectivity index (χ2n) is 4.99. The first-order valence-electron chi connectivity index (χ1n) is 7.24. The molecule has 0 unspecified atom stereocenters. The fraction of sp³-hybridized carbons (Fsp3) is 0.312. The highest BCUT2D eigenvalue weighted by atomic mass is 16.5. The Balaban J connectivity index is 2.80. The minimum Gasteiger partial charge on any atom is -0.495 e. The average Bonchev–Trinajstić information content (AvgIpc) is 2.54. The molecule has 1 heterocycles. The van der Waals surface area contributed by atoms with Crippen LogP contribution in [-0.2, 0) is 6.54 Å². The summed E-state index contributed by atoms with van der Waals surface area (Å²) in [7, 11) is 1.42. The first-order valence-corrected chi connectivity index (χ1v) is 7.24. The quantitative estimate of drug-likeness (QED) is 0.872. The van der Waals surface area contributed by atoms with Gasteiger partial charge in [-0.25, -0.2) is 14.2 Å². The standard InChI is InChI=1S/C16H18N2O5/c1-3-4-9-17-10-11(15(20)21)14(19)18(16(17)22)12-7-5-6-8-13(12)23-2/h5-8,10H,3-4,9H2,1-2H3,(H,20,21). The topological polar surface area (TPSA) is 90.5 Å². The summed E-state index contributed by atoms with van der Waals surface area (Å²) in [4.78, 5) is 36.4. The Labute approximate surface area is 132 Å². The van der Waals surface area contributed by atoms with Gasteiger partial charge in [0.15, 0.2) is 0 Å². The van der Waals surface area contributed by atoms with Gasteiger partial charge in [-0.2, -0.15) is 0 Å². The predicted octanol–water partition coefficient (Wildman–Crippen LogP) is 1.51. The summed E-state index contributed by atoms with van der Waals surface area (Å²) in [5, 5.41) is 9.24. The van der Waals surface area contributed by atoms with E-state index in [1.54, 1.807) is 18.2 Å². The van der Waals surface area contributed by atoms with E-state index < -0.39 is 22.8 Å². The summed E-state index contributed by atoms with van der Waals surface area (Å²) in [6, 6.07) is 6.49. The number of aryl methyl sites for hydroxylation is 1. The van der Waals surface area contributed by atoms with Crippen LogP contribution in [0.4, 0.5) is 0 Å². The lowest BCUT2D eigenvalue weighted by Crippen LogP contribution is -2.41. The minimum absolute atomic E-state index is 0.221. The molecule has 0 atom stereocenters. The molecule has 0 saturated carbocycles. The lowest BCUT2D eigenvalue weighted by atomic mass is 10.2. The molecule has 0 aliphatic carbocycles. The average molecular weight is 318 g/mol. The lowest BCUT2D eigenvalue weighted by Gasteiger charge is -2.13. The monoisotopic (exact) mass is 318 g/mol. The van der Waals surface area contributed by atoms with Crippen LogP contribution in [0.3, 0.4) is 0 Å². The van der Waals surface area contributed by atoms with E-state index in [0.29, 0.717) is 18.7 Å². The van der Waals surface area contributed by atoms with Crippen LogP contribution >= 0.6 is 0 Å². The molecule has 0 spiro atoms. The minimum atomic E-state index is -1.37. The van der Waals surface area contributed by atoms with Crippen LogP contribution in [0.5, 0.6) is 5.75 Å². The smallest absolute Gasteiger partial charge is 0.342 e. The van der Waals surface area contributed by atoms with Gasteiger partial charge in [0.1, 0.15) is 11.3 Å². The van der Waals surface area contributed by atoms with Crippen molar-refractivity contribution in [2.24, 2.45) is 0 Å². The summed E-state index contributed by atoms with van der Waals surface area (Å²) in [5.74, 6) is -1.06. The molecule has 7 heteroatoms. The number of rotatable bonds is 6.